The van der Waals surface area contributed by atoms with Crippen LogP contribution in [0.4, 0.5) is 0 Å². The van der Waals surface area contributed by atoms with Crippen molar-refractivity contribution in [3.8, 4) is 0 Å². The van der Waals surface area contributed by atoms with Gasteiger partial charge in [0.1, 0.15) is 12.6 Å². The van der Waals surface area contributed by atoms with Gasteiger partial charge in [0.25, 0.3) is 0 Å². The van der Waals surface area contributed by atoms with Gasteiger partial charge < -0.3 is 9.30 Å². The lowest BCUT2D eigenvalue weighted by atomic mass is 10.1. The number of carbonyl (C=O) groups is 1. The van der Waals surface area contributed by atoms with Crippen LogP contribution in [0.1, 0.15) is 19.4 Å². The van der Waals surface area contributed by atoms with Crippen LogP contribution in [-0.4, -0.2) is 18.7 Å². The van der Waals surface area contributed by atoms with Crippen LogP contribution in [0.25, 0.3) is 0 Å². The fraction of sp³-hybridized carbons (Fsp3) is 0.316. The molecule has 1 unspecified atom stereocenters. The van der Waals surface area contributed by atoms with Crippen molar-refractivity contribution >= 4 is 18.6 Å². The largest absolute Gasteiger partial charge is 0.460 e. The van der Waals surface area contributed by atoms with Gasteiger partial charge in [0, 0.05) is 12.0 Å². The number of hydrogen-bond donors (Lipinski definition) is 1. The van der Waals surface area contributed by atoms with Crippen LogP contribution in [0.2, 0.25) is 0 Å². The molecule has 0 saturated carbocycles. The molecule has 0 saturated heterocycles. The molecule has 2 aromatic carbocycles. The van der Waals surface area contributed by atoms with E-state index in [1.165, 1.54) is 0 Å². The second-order valence-corrected chi connectivity index (χ2v) is 8.83. The zero-order chi connectivity index (χ0) is 17.6. The SMILES string of the molecule is CC(C)[C@H](NP(C)(=O)c1ccccc1)C(=O)OCc1ccccc1. The number of ether oxygens (including phenoxy) is 1. The summed E-state index contributed by atoms with van der Waals surface area (Å²) in [7, 11) is -2.86. The Bertz CT molecular complexity index is 701. The molecule has 128 valence electrons. The van der Waals surface area contributed by atoms with E-state index in [4.69, 9.17) is 4.74 Å². The highest BCUT2D eigenvalue weighted by Crippen LogP contribution is 2.36. The van der Waals surface area contributed by atoms with Crippen molar-refractivity contribution in [3.63, 3.8) is 0 Å². The average molecular weight is 345 g/mol. The van der Waals surface area contributed by atoms with E-state index in [-0.39, 0.29) is 18.5 Å². The summed E-state index contributed by atoms with van der Waals surface area (Å²) in [4.78, 5) is 12.5. The summed E-state index contributed by atoms with van der Waals surface area (Å²) >= 11 is 0. The first-order valence-corrected chi connectivity index (χ1v) is 10.2. The molecular formula is C19H24NO3P. The van der Waals surface area contributed by atoms with Crippen LogP contribution in [0.5, 0.6) is 0 Å². The number of esters is 1. The van der Waals surface area contributed by atoms with Crippen molar-refractivity contribution in [1.82, 2.24) is 5.09 Å². The number of rotatable bonds is 7. The molecule has 1 N–H and O–H groups in total. The second kappa shape index (κ2) is 8.27. The van der Waals surface area contributed by atoms with Gasteiger partial charge in [-0.3, -0.25) is 4.79 Å². The molecule has 0 fully saturated rings. The smallest absolute Gasteiger partial charge is 0.324 e. The average Bonchev–Trinajstić information content (AvgIpc) is 2.59. The van der Waals surface area contributed by atoms with Gasteiger partial charge in [-0.05, 0) is 11.5 Å². The van der Waals surface area contributed by atoms with Gasteiger partial charge >= 0.3 is 5.97 Å². The molecule has 0 spiro atoms. The van der Waals surface area contributed by atoms with Gasteiger partial charge in [-0.1, -0.05) is 74.5 Å². The van der Waals surface area contributed by atoms with E-state index in [9.17, 15) is 9.36 Å². The Kier molecular flexibility index (Phi) is 6.36. The third-order valence-electron chi connectivity index (χ3n) is 3.78. The summed E-state index contributed by atoms with van der Waals surface area (Å²) in [5, 5.41) is 3.73. The Hall–Kier alpha value is -1.90. The van der Waals surface area contributed by atoms with Gasteiger partial charge in [-0.25, -0.2) is 5.09 Å². The maximum Gasteiger partial charge on any atom is 0.324 e. The fourth-order valence-electron chi connectivity index (χ4n) is 2.34. The van der Waals surface area contributed by atoms with Gasteiger partial charge in [0.15, 0.2) is 7.29 Å². The molecule has 24 heavy (non-hydrogen) atoms. The molecule has 4 nitrogen and oxygen atoms in total. The topological polar surface area (TPSA) is 55.4 Å². The number of carbonyl (C=O) groups excluding carboxylic acids is 1. The predicted octanol–water partition coefficient (Wildman–Crippen LogP) is 3.58. The van der Waals surface area contributed by atoms with Gasteiger partial charge in [-0.15, -0.1) is 0 Å². The third-order valence-corrected chi connectivity index (χ3v) is 5.83. The van der Waals surface area contributed by atoms with Crippen LogP contribution in [0.3, 0.4) is 0 Å². The van der Waals surface area contributed by atoms with Crippen LogP contribution < -0.4 is 10.4 Å². The molecule has 0 aliphatic heterocycles. The Labute approximate surface area is 143 Å². The Morgan fingerprint density at radius 2 is 1.58 bits per heavy atom. The van der Waals surface area contributed by atoms with Crippen molar-refractivity contribution in [2.24, 2.45) is 5.92 Å². The standard InChI is InChI=1S/C19H24NO3P/c1-15(2)18(19(21)23-14-16-10-6-4-7-11-16)20-24(3,22)17-12-8-5-9-13-17/h4-13,15,18H,14H2,1-3H3,(H,20,22)/t18-,24?/m0/s1. The third kappa shape index (κ3) is 5.05. The van der Waals surface area contributed by atoms with Crippen LogP contribution in [0, 0.1) is 5.92 Å². The molecule has 0 aromatic heterocycles. The zero-order valence-electron chi connectivity index (χ0n) is 14.3. The first kappa shape index (κ1) is 18.4. The van der Waals surface area contributed by atoms with Crippen LogP contribution in [-0.2, 0) is 20.7 Å². The van der Waals surface area contributed by atoms with Gasteiger partial charge in [0.2, 0.25) is 0 Å². The number of hydrogen-bond acceptors (Lipinski definition) is 3. The molecule has 2 atom stereocenters. The number of benzene rings is 2. The Morgan fingerprint density at radius 1 is 1.04 bits per heavy atom. The predicted molar refractivity (Wildman–Crippen MR) is 97.6 cm³/mol. The fourth-order valence-corrected chi connectivity index (χ4v) is 4.17. The lowest BCUT2D eigenvalue weighted by Crippen LogP contribution is -2.41. The van der Waals surface area contributed by atoms with E-state index in [0.29, 0.717) is 5.30 Å². The van der Waals surface area contributed by atoms with Crippen molar-refractivity contribution in [3.05, 3.63) is 66.2 Å². The molecule has 2 rings (SSSR count). The van der Waals surface area contributed by atoms with Gasteiger partial charge in [-0.2, -0.15) is 0 Å². The number of nitrogens with one attached hydrogen (secondary N) is 1. The maximum atomic E-state index is 13.0. The first-order chi connectivity index (χ1) is 11.4. The minimum absolute atomic E-state index is 0.0368. The Balaban J connectivity index is 2.06. The summed E-state index contributed by atoms with van der Waals surface area (Å²) in [6.07, 6.45) is 0. The molecule has 5 heteroatoms. The quantitative estimate of drug-likeness (QED) is 0.616. The highest BCUT2D eigenvalue weighted by Gasteiger charge is 2.30. The minimum Gasteiger partial charge on any atom is -0.460 e. The Morgan fingerprint density at radius 3 is 2.12 bits per heavy atom. The second-order valence-electron chi connectivity index (χ2n) is 6.20. The molecular weight excluding hydrogens is 321 g/mol. The molecule has 0 amide bonds. The summed E-state index contributed by atoms with van der Waals surface area (Å²) in [6, 6.07) is 18.1. The maximum absolute atomic E-state index is 13.0. The van der Waals surface area contributed by atoms with E-state index >= 15 is 0 Å². The van der Waals surface area contributed by atoms with E-state index in [2.05, 4.69) is 5.09 Å². The zero-order valence-corrected chi connectivity index (χ0v) is 15.2. The van der Waals surface area contributed by atoms with E-state index < -0.39 is 13.3 Å². The molecule has 0 aliphatic carbocycles. The monoisotopic (exact) mass is 345 g/mol. The summed E-state index contributed by atoms with van der Waals surface area (Å²) < 4.78 is 18.4. The van der Waals surface area contributed by atoms with E-state index in [1.807, 2.05) is 62.4 Å². The van der Waals surface area contributed by atoms with E-state index in [1.54, 1.807) is 18.8 Å². The lowest BCUT2D eigenvalue weighted by Gasteiger charge is -2.25. The first-order valence-electron chi connectivity index (χ1n) is 8.01. The molecule has 0 bridgehead atoms. The van der Waals surface area contributed by atoms with Crippen molar-refractivity contribution in [1.29, 1.82) is 0 Å². The van der Waals surface area contributed by atoms with Crippen molar-refractivity contribution in [2.45, 2.75) is 26.5 Å². The van der Waals surface area contributed by atoms with Crippen molar-refractivity contribution < 1.29 is 14.1 Å². The normalized spacial score (nSPS) is 14.8. The molecule has 0 heterocycles. The summed E-state index contributed by atoms with van der Waals surface area (Å²) in [5.41, 5.74) is 0.927. The van der Waals surface area contributed by atoms with Crippen LogP contribution in [0.15, 0.2) is 60.7 Å². The summed E-state index contributed by atoms with van der Waals surface area (Å²) in [5.74, 6) is -0.419. The van der Waals surface area contributed by atoms with E-state index in [0.717, 1.165) is 5.56 Å². The minimum atomic E-state index is -2.86. The highest BCUT2D eigenvalue weighted by atomic mass is 31.2. The molecule has 0 aliphatic rings. The molecule has 0 radical (unpaired) electrons. The lowest BCUT2D eigenvalue weighted by molar-refractivity contribution is -0.148. The highest BCUT2D eigenvalue weighted by molar-refractivity contribution is 7.69. The van der Waals surface area contributed by atoms with Gasteiger partial charge in [0.05, 0.1) is 0 Å². The molecule has 2 aromatic rings. The van der Waals surface area contributed by atoms with Crippen molar-refractivity contribution in [2.75, 3.05) is 6.66 Å². The summed E-state index contributed by atoms with van der Waals surface area (Å²) in [6.45, 7) is 5.67. The van der Waals surface area contributed by atoms with Crippen LogP contribution >= 0.6 is 7.29 Å².